The van der Waals surface area contributed by atoms with Gasteiger partial charge in [-0.2, -0.15) is 4.31 Å². The monoisotopic (exact) mass is 426 g/mol. The summed E-state index contributed by atoms with van der Waals surface area (Å²) in [5, 5.41) is 10.6. The number of benzene rings is 2. The molecule has 1 aliphatic rings. The summed E-state index contributed by atoms with van der Waals surface area (Å²) in [6.07, 6.45) is 2.72. The van der Waals surface area contributed by atoms with Gasteiger partial charge in [-0.25, -0.2) is 17.8 Å². The molecule has 2 aromatic carbocycles. The molecule has 10 heteroatoms. The first-order valence-corrected chi connectivity index (χ1v) is 10.6. The molecule has 0 aliphatic carbocycles. The first-order chi connectivity index (χ1) is 14.4. The number of nitrogens with one attached hydrogen (secondary N) is 2. The van der Waals surface area contributed by atoms with Crippen LogP contribution in [0.3, 0.4) is 0 Å². The molecule has 0 atom stereocenters. The topological polar surface area (TPSA) is 125 Å². The second-order valence-corrected chi connectivity index (χ2v) is 8.67. The van der Waals surface area contributed by atoms with Crippen LogP contribution in [-0.4, -0.2) is 48.2 Å². The predicted molar refractivity (Wildman–Crippen MR) is 112 cm³/mol. The minimum absolute atomic E-state index is 0.0280. The van der Waals surface area contributed by atoms with Gasteiger partial charge in [-0.05, 0) is 23.8 Å². The van der Waals surface area contributed by atoms with E-state index in [4.69, 9.17) is 11.1 Å². The Hall–Kier alpha value is -3.37. The lowest BCUT2D eigenvalue weighted by Gasteiger charge is -2.28. The van der Waals surface area contributed by atoms with Crippen molar-refractivity contribution in [1.29, 1.82) is 5.41 Å². The average molecular weight is 426 g/mol. The van der Waals surface area contributed by atoms with E-state index in [9.17, 15) is 12.8 Å². The van der Waals surface area contributed by atoms with Crippen molar-refractivity contribution in [3.63, 3.8) is 0 Å². The number of rotatable bonds is 4. The van der Waals surface area contributed by atoms with Crippen LogP contribution in [0, 0.1) is 11.2 Å². The van der Waals surface area contributed by atoms with Crippen LogP contribution in [0.15, 0.2) is 59.8 Å². The molecular weight excluding hydrogens is 407 g/mol. The summed E-state index contributed by atoms with van der Waals surface area (Å²) in [7, 11) is -3.86. The molecule has 4 rings (SSSR count). The maximum Gasteiger partial charge on any atom is 0.244 e. The van der Waals surface area contributed by atoms with Crippen molar-refractivity contribution in [3.05, 3.63) is 60.7 Å². The Bertz CT molecular complexity index is 1210. The number of aromatic nitrogens is 2. The molecule has 154 valence electrons. The molecule has 0 unspecified atom stereocenters. The Morgan fingerprint density at radius 1 is 1.10 bits per heavy atom. The van der Waals surface area contributed by atoms with E-state index in [1.807, 2.05) is 0 Å². The van der Waals surface area contributed by atoms with Gasteiger partial charge >= 0.3 is 0 Å². The van der Waals surface area contributed by atoms with Gasteiger partial charge in [-0.1, -0.05) is 24.3 Å². The van der Waals surface area contributed by atoms with E-state index < -0.39 is 15.8 Å². The molecule has 4 N–H and O–H groups in total. The first kappa shape index (κ1) is 19.9. The average Bonchev–Trinajstić information content (AvgIpc) is 2.74. The SMILES string of the molecule is N=C1CN(S(=O)(=O)c2ccccc2-c2ccc(-c3cnc(N)cn3)c(F)c2)CCN1. The van der Waals surface area contributed by atoms with Crippen molar-refractivity contribution in [3.8, 4) is 22.4 Å². The van der Waals surface area contributed by atoms with Gasteiger partial charge in [0.1, 0.15) is 17.5 Å². The lowest BCUT2D eigenvalue weighted by Crippen LogP contribution is -2.49. The van der Waals surface area contributed by atoms with Gasteiger partial charge in [0.05, 0.1) is 29.5 Å². The maximum absolute atomic E-state index is 14.9. The number of hydrogen-bond donors (Lipinski definition) is 3. The first-order valence-electron chi connectivity index (χ1n) is 9.14. The van der Waals surface area contributed by atoms with E-state index in [0.29, 0.717) is 23.4 Å². The molecule has 0 bridgehead atoms. The highest BCUT2D eigenvalue weighted by Gasteiger charge is 2.30. The molecular formula is C20H19FN6O2S. The highest BCUT2D eigenvalue weighted by molar-refractivity contribution is 7.89. The van der Waals surface area contributed by atoms with Crippen molar-refractivity contribution in [2.75, 3.05) is 25.4 Å². The Morgan fingerprint density at radius 2 is 1.90 bits per heavy atom. The number of sulfonamides is 1. The van der Waals surface area contributed by atoms with Crippen LogP contribution in [0.1, 0.15) is 0 Å². The fourth-order valence-electron chi connectivity index (χ4n) is 3.28. The van der Waals surface area contributed by atoms with Gasteiger partial charge in [-0.15, -0.1) is 0 Å². The zero-order valence-electron chi connectivity index (χ0n) is 15.8. The van der Waals surface area contributed by atoms with Crippen LogP contribution in [0.5, 0.6) is 0 Å². The molecule has 1 aliphatic heterocycles. The zero-order valence-corrected chi connectivity index (χ0v) is 16.7. The van der Waals surface area contributed by atoms with Gasteiger partial charge in [0, 0.05) is 24.2 Å². The van der Waals surface area contributed by atoms with Crippen molar-refractivity contribution in [2.45, 2.75) is 4.90 Å². The van der Waals surface area contributed by atoms with E-state index >= 15 is 0 Å². The third-order valence-corrected chi connectivity index (χ3v) is 6.67. The summed E-state index contributed by atoms with van der Waals surface area (Å²) in [6, 6.07) is 10.9. The molecule has 1 saturated heterocycles. The molecule has 0 radical (unpaired) electrons. The Morgan fingerprint density at radius 3 is 2.60 bits per heavy atom. The summed E-state index contributed by atoms with van der Waals surface area (Å²) in [6.45, 7) is 0.591. The quantitative estimate of drug-likeness (QED) is 0.587. The van der Waals surface area contributed by atoms with Crippen LogP contribution >= 0.6 is 0 Å². The highest BCUT2D eigenvalue weighted by Crippen LogP contribution is 2.32. The van der Waals surface area contributed by atoms with Crippen LogP contribution in [0.25, 0.3) is 22.4 Å². The van der Waals surface area contributed by atoms with Gasteiger partial charge in [0.2, 0.25) is 10.0 Å². The number of hydrogen-bond acceptors (Lipinski definition) is 6. The second-order valence-electron chi connectivity index (χ2n) is 6.76. The summed E-state index contributed by atoms with van der Waals surface area (Å²) < 4.78 is 42.5. The number of nitrogens with zero attached hydrogens (tertiary/aromatic N) is 3. The molecule has 0 spiro atoms. The lowest BCUT2D eigenvalue weighted by atomic mass is 10.0. The number of anilines is 1. The molecule has 2 heterocycles. The molecule has 8 nitrogen and oxygen atoms in total. The van der Waals surface area contributed by atoms with E-state index in [1.165, 1.54) is 34.9 Å². The number of amidine groups is 1. The number of halogens is 1. The third kappa shape index (κ3) is 3.74. The molecule has 0 saturated carbocycles. The Labute approximate surface area is 173 Å². The van der Waals surface area contributed by atoms with Gasteiger partial charge in [0.25, 0.3) is 0 Å². The van der Waals surface area contributed by atoms with Gasteiger partial charge in [-0.3, -0.25) is 10.4 Å². The van der Waals surface area contributed by atoms with Crippen LogP contribution < -0.4 is 11.1 Å². The van der Waals surface area contributed by atoms with Crippen LogP contribution in [-0.2, 0) is 10.0 Å². The van der Waals surface area contributed by atoms with Gasteiger partial charge in [0.15, 0.2) is 0 Å². The standard InChI is InChI=1S/C20H19FN6O2S/c21-16-9-13(5-6-15(16)17-10-26-19(22)11-25-17)14-3-1-2-4-18(14)30(28,29)27-8-7-24-20(23)12-27/h1-6,9-11H,7-8,12H2,(H2,22,26)(H2,23,24). The van der Waals surface area contributed by atoms with Crippen molar-refractivity contribution >= 4 is 21.7 Å². The molecule has 0 amide bonds. The van der Waals surface area contributed by atoms with Crippen LogP contribution in [0.4, 0.5) is 10.2 Å². The van der Waals surface area contributed by atoms with E-state index in [1.54, 1.807) is 24.3 Å². The lowest BCUT2D eigenvalue weighted by molar-refractivity contribution is 0.428. The summed E-state index contributed by atoms with van der Waals surface area (Å²) in [5.74, 6) is -0.180. The van der Waals surface area contributed by atoms with E-state index in [2.05, 4.69) is 15.3 Å². The fourth-order valence-corrected chi connectivity index (χ4v) is 4.91. The maximum atomic E-state index is 14.9. The van der Waals surface area contributed by atoms with Crippen molar-refractivity contribution < 1.29 is 12.8 Å². The molecule has 1 aromatic heterocycles. The molecule has 30 heavy (non-hydrogen) atoms. The largest absolute Gasteiger partial charge is 0.382 e. The van der Waals surface area contributed by atoms with E-state index in [-0.39, 0.29) is 35.2 Å². The smallest absolute Gasteiger partial charge is 0.244 e. The minimum Gasteiger partial charge on any atom is -0.382 e. The Kier molecular flexibility index (Phi) is 5.18. The fraction of sp³-hybridized carbons (Fsp3) is 0.150. The zero-order chi connectivity index (χ0) is 21.3. The predicted octanol–water partition coefficient (Wildman–Crippen LogP) is 2.10. The number of nitrogens with two attached hydrogens (primary N) is 1. The number of nitrogen functional groups attached to an aromatic ring is 1. The third-order valence-electron chi connectivity index (χ3n) is 4.77. The van der Waals surface area contributed by atoms with Crippen molar-refractivity contribution in [1.82, 2.24) is 19.6 Å². The highest BCUT2D eigenvalue weighted by atomic mass is 32.2. The minimum atomic E-state index is -3.86. The summed E-state index contributed by atoms with van der Waals surface area (Å²) in [5.41, 5.74) is 6.90. The van der Waals surface area contributed by atoms with Crippen LogP contribution in [0.2, 0.25) is 0 Å². The number of piperazine rings is 1. The Balaban J connectivity index is 1.74. The molecule has 3 aromatic rings. The van der Waals surface area contributed by atoms with Crippen molar-refractivity contribution in [2.24, 2.45) is 0 Å². The second kappa shape index (κ2) is 7.81. The molecule has 1 fully saturated rings. The normalized spacial score (nSPS) is 15.0. The summed E-state index contributed by atoms with van der Waals surface area (Å²) >= 11 is 0. The van der Waals surface area contributed by atoms with E-state index in [0.717, 1.165) is 0 Å². The van der Waals surface area contributed by atoms with Gasteiger partial charge < -0.3 is 11.1 Å². The summed E-state index contributed by atoms with van der Waals surface area (Å²) in [4.78, 5) is 8.07.